The number of hydrogen-bond donors (Lipinski definition) is 1. The highest BCUT2D eigenvalue weighted by Crippen LogP contribution is 2.22. The van der Waals surface area contributed by atoms with Crippen molar-refractivity contribution in [1.29, 1.82) is 0 Å². The van der Waals surface area contributed by atoms with Gasteiger partial charge in [-0.05, 0) is 32.0 Å². The van der Waals surface area contributed by atoms with Crippen LogP contribution in [0.25, 0.3) is 0 Å². The van der Waals surface area contributed by atoms with Crippen molar-refractivity contribution in [3.8, 4) is 0 Å². The van der Waals surface area contributed by atoms with Crippen molar-refractivity contribution in [3.63, 3.8) is 0 Å². The summed E-state index contributed by atoms with van der Waals surface area (Å²) in [7, 11) is 2.02. The SMILES string of the molecule is CN(CCNC(=O)c1c(F)cc(Br)cc1F)C1CCCC1. The fourth-order valence-corrected chi connectivity index (χ4v) is 3.12. The van der Waals surface area contributed by atoms with Gasteiger partial charge in [-0.25, -0.2) is 8.78 Å². The zero-order valence-corrected chi connectivity index (χ0v) is 13.6. The molecule has 116 valence electrons. The monoisotopic (exact) mass is 360 g/mol. The first kappa shape index (κ1) is 16.4. The molecule has 0 heterocycles. The van der Waals surface area contributed by atoms with Crippen molar-refractivity contribution in [3.05, 3.63) is 33.8 Å². The molecule has 1 aromatic rings. The van der Waals surface area contributed by atoms with Gasteiger partial charge >= 0.3 is 0 Å². The maximum absolute atomic E-state index is 13.7. The number of nitrogens with one attached hydrogen (secondary N) is 1. The maximum atomic E-state index is 13.7. The number of hydrogen-bond acceptors (Lipinski definition) is 2. The molecule has 0 atom stereocenters. The number of rotatable bonds is 5. The zero-order chi connectivity index (χ0) is 15.4. The molecule has 0 aromatic heterocycles. The van der Waals surface area contributed by atoms with Crippen LogP contribution in [0.3, 0.4) is 0 Å². The van der Waals surface area contributed by atoms with Gasteiger partial charge in [-0.2, -0.15) is 0 Å². The Labute approximate surface area is 131 Å². The molecule has 1 aliphatic carbocycles. The van der Waals surface area contributed by atoms with Crippen molar-refractivity contribution in [2.45, 2.75) is 31.7 Å². The molecule has 1 N–H and O–H groups in total. The first-order valence-corrected chi connectivity index (χ1v) is 7.91. The minimum absolute atomic E-state index is 0.273. The summed E-state index contributed by atoms with van der Waals surface area (Å²) in [6, 6.07) is 2.73. The van der Waals surface area contributed by atoms with Gasteiger partial charge in [-0.15, -0.1) is 0 Å². The van der Waals surface area contributed by atoms with Crippen LogP contribution in [0.2, 0.25) is 0 Å². The van der Waals surface area contributed by atoms with Crippen LogP contribution in [0.15, 0.2) is 16.6 Å². The number of halogens is 3. The summed E-state index contributed by atoms with van der Waals surface area (Å²) in [5.41, 5.74) is -0.526. The summed E-state index contributed by atoms with van der Waals surface area (Å²) in [5.74, 6) is -2.43. The molecular weight excluding hydrogens is 342 g/mol. The normalized spacial score (nSPS) is 15.7. The van der Waals surface area contributed by atoms with Crippen LogP contribution in [0.1, 0.15) is 36.0 Å². The number of carbonyl (C=O) groups excluding carboxylic acids is 1. The van der Waals surface area contributed by atoms with Crippen LogP contribution >= 0.6 is 15.9 Å². The Morgan fingerprint density at radius 3 is 2.48 bits per heavy atom. The summed E-state index contributed by atoms with van der Waals surface area (Å²) in [6.45, 7) is 1.05. The van der Waals surface area contributed by atoms with Crippen LogP contribution in [-0.4, -0.2) is 37.0 Å². The lowest BCUT2D eigenvalue weighted by Gasteiger charge is -2.23. The molecule has 2 rings (SSSR count). The van der Waals surface area contributed by atoms with E-state index in [4.69, 9.17) is 0 Å². The number of nitrogens with zero attached hydrogens (tertiary/aromatic N) is 1. The van der Waals surface area contributed by atoms with E-state index >= 15 is 0 Å². The van der Waals surface area contributed by atoms with Gasteiger partial charge in [0.2, 0.25) is 0 Å². The van der Waals surface area contributed by atoms with Crippen molar-refractivity contribution in [2.24, 2.45) is 0 Å². The van der Waals surface area contributed by atoms with Crippen molar-refractivity contribution in [1.82, 2.24) is 10.2 Å². The number of benzene rings is 1. The summed E-state index contributed by atoms with van der Waals surface area (Å²) < 4.78 is 27.6. The van der Waals surface area contributed by atoms with Gasteiger partial charge in [0, 0.05) is 23.6 Å². The lowest BCUT2D eigenvalue weighted by atomic mass is 10.2. The van der Waals surface area contributed by atoms with Gasteiger partial charge in [0.05, 0.1) is 0 Å². The van der Waals surface area contributed by atoms with Crippen molar-refractivity contribution < 1.29 is 13.6 Å². The van der Waals surface area contributed by atoms with E-state index in [-0.39, 0.29) is 4.47 Å². The molecule has 0 unspecified atom stereocenters. The minimum Gasteiger partial charge on any atom is -0.351 e. The molecule has 1 saturated carbocycles. The average Bonchev–Trinajstić information content (AvgIpc) is 2.91. The number of likely N-dealkylation sites (N-methyl/N-ethyl adjacent to an activating group) is 1. The van der Waals surface area contributed by atoms with Gasteiger partial charge in [0.25, 0.3) is 5.91 Å². The van der Waals surface area contributed by atoms with Crippen LogP contribution in [0.5, 0.6) is 0 Å². The fraction of sp³-hybridized carbons (Fsp3) is 0.533. The average molecular weight is 361 g/mol. The molecule has 1 aromatic carbocycles. The van der Waals surface area contributed by atoms with Gasteiger partial charge in [-0.1, -0.05) is 28.8 Å². The molecule has 3 nitrogen and oxygen atoms in total. The summed E-state index contributed by atoms with van der Waals surface area (Å²) >= 11 is 2.99. The predicted molar refractivity (Wildman–Crippen MR) is 81.3 cm³/mol. The van der Waals surface area contributed by atoms with E-state index in [0.717, 1.165) is 12.1 Å². The number of amides is 1. The van der Waals surface area contributed by atoms with E-state index in [1.807, 2.05) is 7.05 Å². The third-order valence-electron chi connectivity index (χ3n) is 3.93. The summed E-state index contributed by atoms with van der Waals surface area (Å²) in [4.78, 5) is 14.1. The van der Waals surface area contributed by atoms with Crippen molar-refractivity contribution in [2.75, 3.05) is 20.1 Å². The molecule has 0 saturated heterocycles. The third kappa shape index (κ3) is 4.23. The van der Waals surface area contributed by atoms with Crippen LogP contribution in [0.4, 0.5) is 8.78 Å². The second-order valence-electron chi connectivity index (χ2n) is 5.42. The largest absolute Gasteiger partial charge is 0.351 e. The van der Waals surface area contributed by atoms with Crippen LogP contribution in [-0.2, 0) is 0 Å². The Bertz CT molecular complexity index is 495. The van der Waals surface area contributed by atoms with Gasteiger partial charge in [-0.3, -0.25) is 4.79 Å². The van der Waals surface area contributed by atoms with E-state index in [1.165, 1.54) is 25.7 Å². The van der Waals surface area contributed by atoms with E-state index in [1.54, 1.807) is 0 Å². The maximum Gasteiger partial charge on any atom is 0.257 e. The Kier molecular flexibility index (Phi) is 5.70. The number of carbonyl (C=O) groups is 1. The predicted octanol–water partition coefficient (Wildman–Crippen LogP) is 3.33. The highest BCUT2D eigenvalue weighted by molar-refractivity contribution is 9.10. The lowest BCUT2D eigenvalue weighted by Crippen LogP contribution is -2.37. The quantitative estimate of drug-likeness (QED) is 0.873. The molecule has 0 bridgehead atoms. The van der Waals surface area contributed by atoms with Crippen LogP contribution in [0, 0.1) is 11.6 Å². The Hall–Kier alpha value is -1.01. The third-order valence-corrected chi connectivity index (χ3v) is 4.39. The minimum atomic E-state index is -0.858. The van der Waals surface area contributed by atoms with Gasteiger partial charge in [0.1, 0.15) is 17.2 Å². The molecule has 0 radical (unpaired) electrons. The topological polar surface area (TPSA) is 32.3 Å². The van der Waals surface area contributed by atoms with E-state index < -0.39 is 23.1 Å². The zero-order valence-electron chi connectivity index (χ0n) is 12.0. The molecule has 0 aliphatic heterocycles. The van der Waals surface area contributed by atoms with Crippen molar-refractivity contribution >= 4 is 21.8 Å². The van der Waals surface area contributed by atoms with Gasteiger partial charge in [0.15, 0.2) is 0 Å². The smallest absolute Gasteiger partial charge is 0.257 e. The standard InChI is InChI=1S/C15H19BrF2N2O/c1-20(11-4-2-3-5-11)7-6-19-15(21)14-12(17)8-10(16)9-13(14)18/h8-9,11H,2-7H2,1H3,(H,19,21). The first-order chi connectivity index (χ1) is 9.99. The molecule has 1 aliphatic rings. The Morgan fingerprint density at radius 2 is 1.90 bits per heavy atom. The second-order valence-corrected chi connectivity index (χ2v) is 6.33. The van der Waals surface area contributed by atoms with E-state index in [2.05, 4.69) is 26.1 Å². The van der Waals surface area contributed by atoms with Gasteiger partial charge < -0.3 is 10.2 Å². The fourth-order valence-electron chi connectivity index (χ4n) is 2.72. The second kappa shape index (κ2) is 7.31. The molecule has 0 spiro atoms. The summed E-state index contributed by atoms with van der Waals surface area (Å²) in [5, 5.41) is 2.58. The highest BCUT2D eigenvalue weighted by Gasteiger charge is 2.20. The Morgan fingerprint density at radius 1 is 1.33 bits per heavy atom. The van der Waals surface area contributed by atoms with Crippen LogP contribution < -0.4 is 5.32 Å². The first-order valence-electron chi connectivity index (χ1n) is 7.12. The summed E-state index contributed by atoms with van der Waals surface area (Å²) in [6.07, 6.45) is 4.86. The van der Waals surface area contributed by atoms with E-state index in [9.17, 15) is 13.6 Å². The molecule has 21 heavy (non-hydrogen) atoms. The molecule has 1 amide bonds. The molecule has 6 heteroatoms. The Balaban J connectivity index is 1.87. The lowest BCUT2D eigenvalue weighted by molar-refractivity contribution is 0.0938. The molecular formula is C15H19BrF2N2O. The molecule has 1 fully saturated rings. The van der Waals surface area contributed by atoms with E-state index in [0.29, 0.717) is 19.1 Å². The highest BCUT2D eigenvalue weighted by atomic mass is 79.9.